The van der Waals surface area contributed by atoms with E-state index in [0.717, 1.165) is 23.6 Å². The summed E-state index contributed by atoms with van der Waals surface area (Å²) in [6, 6.07) is 21.8. The van der Waals surface area contributed by atoms with E-state index in [9.17, 15) is 4.79 Å². The minimum absolute atomic E-state index is 0.0787. The second-order valence-electron chi connectivity index (χ2n) is 8.71. The van der Waals surface area contributed by atoms with Gasteiger partial charge in [-0.2, -0.15) is 0 Å². The van der Waals surface area contributed by atoms with E-state index in [1.165, 1.54) is 11.8 Å². The summed E-state index contributed by atoms with van der Waals surface area (Å²) in [7, 11) is 0. The predicted octanol–water partition coefficient (Wildman–Crippen LogP) is 3.45. The number of aromatic nitrogens is 4. The first-order chi connectivity index (χ1) is 17.7. The molecule has 1 atom stereocenters. The highest BCUT2D eigenvalue weighted by molar-refractivity contribution is 5.91. The lowest BCUT2D eigenvalue weighted by Crippen LogP contribution is -2.50. The molecule has 2 aromatic heterocycles. The number of amides is 1. The van der Waals surface area contributed by atoms with Gasteiger partial charge in [-0.15, -0.1) is 5.10 Å². The summed E-state index contributed by atoms with van der Waals surface area (Å²) < 4.78 is 12.9. The molecule has 0 saturated carbocycles. The number of nitrogens with zero attached hydrogens (tertiary/aromatic N) is 6. The largest absolute Gasteiger partial charge is 0.494 e. The van der Waals surface area contributed by atoms with Gasteiger partial charge in [0.05, 0.1) is 18.9 Å². The van der Waals surface area contributed by atoms with Crippen molar-refractivity contribution in [3.8, 4) is 5.75 Å². The van der Waals surface area contributed by atoms with Gasteiger partial charge < -0.3 is 14.1 Å². The normalized spacial score (nSPS) is 15.1. The van der Waals surface area contributed by atoms with Crippen LogP contribution in [-0.2, 0) is 13.0 Å². The Morgan fingerprint density at radius 1 is 1.00 bits per heavy atom. The summed E-state index contributed by atoms with van der Waals surface area (Å²) in [6.07, 6.45) is 2.36. The summed E-state index contributed by atoms with van der Waals surface area (Å²) in [6.45, 7) is 5.84. The van der Waals surface area contributed by atoms with Crippen LogP contribution in [0.4, 0.5) is 0 Å². The van der Waals surface area contributed by atoms with Crippen LogP contribution in [0.25, 0.3) is 0 Å². The van der Waals surface area contributed by atoms with Crippen LogP contribution >= 0.6 is 0 Å². The third kappa shape index (κ3) is 5.31. The highest BCUT2D eigenvalue weighted by Gasteiger charge is 2.32. The Morgan fingerprint density at radius 2 is 1.78 bits per heavy atom. The minimum Gasteiger partial charge on any atom is -0.494 e. The first kappa shape index (κ1) is 23.7. The van der Waals surface area contributed by atoms with Gasteiger partial charge in [-0.3, -0.25) is 9.69 Å². The third-order valence-corrected chi connectivity index (χ3v) is 6.46. The molecule has 1 aliphatic heterocycles. The highest BCUT2D eigenvalue weighted by atomic mass is 16.5. The van der Waals surface area contributed by atoms with Crippen LogP contribution in [0, 0.1) is 0 Å². The van der Waals surface area contributed by atoms with Crippen LogP contribution in [0.2, 0.25) is 0 Å². The zero-order valence-corrected chi connectivity index (χ0v) is 20.4. The van der Waals surface area contributed by atoms with E-state index < -0.39 is 0 Å². The molecule has 2 aromatic carbocycles. The van der Waals surface area contributed by atoms with Crippen LogP contribution in [0.15, 0.2) is 77.4 Å². The first-order valence-corrected chi connectivity index (χ1v) is 12.3. The molecule has 0 spiro atoms. The summed E-state index contributed by atoms with van der Waals surface area (Å²) in [5.74, 6) is 1.92. The van der Waals surface area contributed by atoms with Gasteiger partial charge in [-0.1, -0.05) is 42.5 Å². The van der Waals surface area contributed by atoms with Crippen molar-refractivity contribution >= 4 is 5.91 Å². The van der Waals surface area contributed by atoms with Crippen molar-refractivity contribution in [3.05, 3.63) is 95.7 Å². The number of carbonyl (C=O) groups excluding carboxylic acids is 1. The van der Waals surface area contributed by atoms with Gasteiger partial charge in [0, 0.05) is 32.7 Å². The smallest absolute Gasteiger partial charge is 0.289 e. The number of hydrogen-bond acceptors (Lipinski definition) is 7. The molecule has 0 aliphatic carbocycles. The fraction of sp³-hybridized carbons (Fsp3) is 0.333. The fourth-order valence-electron chi connectivity index (χ4n) is 4.62. The van der Waals surface area contributed by atoms with E-state index in [4.69, 9.17) is 9.15 Å². The van der Waals surface area contributed by atoms with Gasteiger partial charge in [0.25, 0.3) is 5.91 Å². The molecule has 1 saturated heterocycles. The molecule has 0 unspecified atom stereocenters. The lowest BCUT2D eigenvalue weighted by atomic mass is 10.0. The number of carbonyl (C=O) groups is 1. The highest BCUT2D eigenvalue weighted by Crippen LogP contribution is 2.30. The van der Waals surface area contributed by atoms with Crippen molar-refractivity contribution in [2.75, 3.05) is 32.8 Å². The number of furan rings is 1. The lowest BCUT2D eigenvalue weighted by Gasteiger charge is -2.38. The summed E-state index contributed by atoms with van der Waals surface area (Å²) >= 11 is 0. The predicted molar refractivity (Wildman–Crippen MR) is 134 cm³/mol. The number of aryl methyl sites for hydroxylation is 2. The standard InChI is InChI=1S/C27H30N6O3/c1-2-35-23-12-10-22(11-13-23)25(26-28-29-30-33(26)15-14-21-7-4-3-5-8-21)31-16-18-32(19-17-31)27(34)24-9-6-20-36-24/h3-13,20,25H,2,14-19H2,1H3/t25-/m1/s1. The topological polar surface area (TPSA) is 89.5 Å². The maximum Gasteiger partial charge on any atom is 0.289 e. The van der Waals surface area contributed by atoms with E-state index in [1.807, 2.05) is 46.8 Å². The van der Waals surface area contributed by atoms with Crippen LogP contribution < -0.4 is 4.74 Å². The molecule has 4 aromatic rings. The monoisotopic (exact) mass is 486 g/mol. The van der Waals surface area contributed by atoms with Gasteiger partial charge in [-0.05, 0) is 59.2 Å². The Morgan fingerprint density at radius 3 is 2.47 bits per heavy atom. The molecular formula is C27H30N6O3. The second-order valence-corrected chi connectivity index (χ2v) is 8.71. The van der Waals surface area contributed by atoms with Crippen LogP contribution in [0.5, 0.6) is 5.75 Å². The number of hydrogen-bond donors (Lipinski definition) is 0. The Balaban J connectivity index is 1.37. The average Bonchev–Trinajstić information content (AvgIpc) is 3.62. The Hall–Kier alpha value is -3.98. The number of piperazine rings is 1. The number of rotatable bonds is 9. The number of ether oxygens (including phenoxy) is 1. The molecule has 1 fully saturated rings. The molecule has 0 N–H and O–H groups in total. The fourth-order valence-corrected chi connectivity index (χ4v) is 4.62. The summed E-state index contributed by atoms with van der Waals surface area (Å²) in [5, 5.41) is 12.8. The summed E-state index contributed by atoms with van der Waals surface area (Å²) in [5.41, 5.74) is 2.32. The zero-order chi connectivity index (χ0) is 24.7. The molecule has 0 radical (unpaired) electrons. The van der Waals surface area contributed by atoms with E-state index >= 15 is 0 Å². The molecule has 1 amide bonds. The Labute approximate surface area is 210 Å². The van der Waals surface area contributed by atoms with Gasteiger partial charge in [-0.25, -0.2) is 4.68 Å². The lowest BCUT2D eigenvalue weighted by molar-refractivity contribution is 0.0559. The summed E-state index contributed by atoms with van der Waals surface area (Å²) in [4.78, 5) is 16.9. The van der Waals surface area contributed by atoms with Crippen molar-refractivity contribution in [2.24, 2.45) is 0 Å². The van der Waals surface area contributed by atoms with E-state index in [2.05, 4.69) is 44.7 Å². The van der Waals surface area contributed by atoms with Gasteiger partial charge in [0.15, 0.2) is 11.6 Å². The second kappa shape index (κ2) is 11.2. The van der Waals surface area contributed by atoms with Gasteiger partial charge >= 0.3 is 0 Å². The van der Waals surface area contributed by atoms with Crippen molar-refractivity contribution < 1.29 is 13.9 Å². The van der Waals surface area contributed by atoms with Gasteiger partial charge in [0.2, 0.25) is 0 Å². The minimum atomic E-state index is -0.146. The molecule has 9 heteroatoms. The Kier molecular flexibility index (Phi) is 7.37. The van der Waals surface area contributed by atoms with Crippen molar-refractivity contribution in [3.63, 3.8) is 0 Å². The molecular weight excluding hydrogens is 456 g/mol. The molecule has 36 heavy (non-hydrogen) atoms. The molecule has 0 bridgehead atoms. The van der Waals surface area contributed by atoms with Gasteiger partial charge in [0.1, 0.15) is 5.75 Å². The molecule has 1 aliphatic rings. The molecule has 5 rings (SSSR count). The van der Waals surface area contributed by atoms with Crippen LogP contribution in [-0.4, -0.2) is 68.7 Å². The molecule has 3 heterocycles. The average molecular weight is 487 g/mol. The molecule has 9 nitrogen and oxygen atoms in total. The van der Waals surface area contributed by atoms with Crippen molar-refractivity contribution in [2.45, 2.75) is 25.9 Å². The zero-order valence-electron chi connectivity index (χ0n) is 20.4. The van der Waals surface area contributed by atoms with E-state index in [-0.39, 0.29) is 11.9 Å². The maximum atomic E-state index is 12.8. The van der Waals surface area contributed by atoms with Crippen LogP contribution in [0.3, 0.4) is 0 Å². The van der Waals surface area contributed by atoms with E-state index in [0.29, 0.717) is 45.1 Å². The third-order valence-electron chi connectivity index (χ3n) is 6.46. The van der Waals surface area contributed by atoms with E-state index in [1.54, 1.807) is 12.1 Å². The van der Waals surface area contributed by atoms with Crippen molar-refractivity contribution in [1.82, 2.24) is 30.0 Å². The SMILES string of the molecule is CCOc1ccc([C@H](c2nnnn2CCc2ccccc2)N2CCN(C(=O)c3ccco3)CC2)cc1. The maximum absolute atomic E-state index is 12.8. The molecule has 186 valence electrons. The van der Waals surface area contributed by atoms with Crippen LogP contribution in [0.1, 0.15) is 40.5 Å². The first-order valence-electron chi connectivity index (χ1n) is 12.3. The van der Waals surface area contributed by atoms with Crippen molar-refractivity contribution in [1.29, 1.82) is 0 Å². The number of benzene rings is 2. The number of tetrazole rings is 1. The quantitative estimate of drug-likeness (QED) is 0.358. The Bertz CT molecular complexity index is 1230.